The number of aryl methyl sites for hydroxylation is 1. The van der Waals surface area contributed by atoms with Crippen molar-refractivity contribution in [3.63, 3.8) is 0 Å². The van der Waals surface area contributed by atoms with Crippen LogP contribution in [0.15, 0.2) is 53.1 Å². The number of hydrogen-bond acceptors (Lipinski definition) is 5. The standard InChI is InChI=1S/C23H25N3O3/c1-3-28-19-12-8-17(9-13-19)15-21(27)26-14-4-5-20(26)23-24-22(25-29-23)18-10-6-16(2)7-11-18/h6-13,20H,3-5,14-15H2,1-2H3. The van der Waals surface area contributed by atoms with Crippen molar-refractivity contribution in [1.82, 2.24) is 15.0 Å². The lowest BCUT2D eigenvalue weighted by molar-refractivity contribution is -0.131. The zero-order valence-corrected chi connectivity index (χ0v) is 16.8. The summed E-state index contributed by atoms with van der Waals surface area (Å²) >= 11 is 0. The SMILES string of the molecule is CCOc1ccc(CC(=O)N2CCCC2c2nc(-c3ccc(C)cc3)no2)cc1. The molecule has 0 spiro atoms. The maximum absolute atomic E-state index is 12.9. The minimum absolute atomic E-state index is 0.0757. The number of benzene rings is 2. The van der Waals surface area contributed by atoms with Crippen LogP contribution in [0.2, 0.25) is 0 Å². The van der Waals surface area contributed by atoms with Gasteiger partial charge in [0.25, 0.3) is 0 Å². The maximum Gasteiger partial charge on any atom is 0.249 e. The third kappa shape index (κ3) is 4.31. The fraction of sp³-hybridized carbons (Fsp3) is 0.348. The van der Waals surface area contributed by atoms with Gasteiger partial charge in [0, 0.05) is 12.1 Å². The van der Waals surface area contributed by atoms with Crippen molar-refractivity contribution in [2.75, 3.05) is 13.2 Å². The molecule has 4 rings (SSSR count). The predicted octanol–water partition coefficient (Wildman–Crippen LogP) is 4.35. The minimum Gasteiger partial charge on any atom is -0.494 e. The van der Waals surface area contributed by atoms with Gasteiger partial charge in [-0.15, -0.1) is 0 Å². The topological polar surface area (TPSA) is 68.5 Å². The molecule has 0 radical (unpaired) electrons. The van der Waals surface area contributed by atoms with E-state index < -0.39 is 0 Å². The Labute approximate surface area is 170 Å². The molecule has 1 aromatic heterocycles. The van der Waals surface area contributed by atoms with Crippen LogP contribution in [0, 0.1) is 6.92 Å². The number of aromatic nitrogens is 2. The first-order chi connectivity index (χ1) is 14.1. The summed E-state index contributed by atoms with van der Waals surface area (Å²) in [4.78, 5) is 19.4. The smallest absolute Gasteiger partial charge is 0.249 e. The van der Waals surface area contributed by atoms with Gasteiger partial charge in [-0.3, -0.25) is 4.79 Å². The summed E-state index contributed by atoms with van der Waals surface area (Å²) in [6.45, 7) is 5.33. The van der Waals surface area contributed by atoms with Crippen LogP contribution in [0.1, 0.15) is 42.8 Å². The monoisotopic (exact) mass is 391 g/mol. The van der Waals surface area contributed by atoms with Crippen LogP contribution in [0.4, 0.5) is 0 Å². The molecule has 1 atom stereocenters. The number of rotatable bonds is 6. The molecule has 0 aliphatic carbocycles. The van der Waals surface area contributed by atoms with E-state index in [-0.39, 0.29) is 11.9 Å². The fourth-order valence-electron chi connectivity index (χ4n) is 3.66. The van der Waals surface area contributed by atoms with Gasteiger partial charge in [-0.05, 0) is 44.4 Å². The Morgan fingerprint density at radius 3 is 2.66 bits per heavy atom. The first-order valence-electron chi connectivity index (χ1n) is 10.1. The summed E-state index contributed by atoms with van der Waals surface area (Å²) in [7, 11) is 0. The number of hydrogen-bond donors (Lipinski definition) is 0. The summed E-state index contributed by atoms with van der Waals surface area (Å²) in [6.07, 6.45) is 2.12. The van der Waals surface area contributed by atoms with Crippen LogP contribution in [0.25, 0.3) is 11.4 Å². The molecule has 1 fully saturated rings. The van der Waals surface area contributed by atoms with Gasteiger partial charge in [-0.1, -0.05) is 47.1 Å². The Bertz CT molecular complexity index is 964. The molecule has 1 aliphatic heterocycles. The molecule has 1 unspecified atom stereocenters. The van der Waals surface area contributed by atoms with Gasteiger partial charge in [0.05, 0.1) is 13.0 Å². The van der Waals surface area contributed by atoms with Gasteiger partial charge in [0.15, 0.2) is 0 Å². The Balaban J connectivity index is 1.46. The quantitative estimate of drug-likeness (QED) is 0.625. The van der Waals surface area contributed by atoms with Crippen molar-refractivity contribution >= 4 is 5.91 Å². The Hall–Kier alpha value is -3.15. The second kappa shape index (κ2) is 8.47. The van der Waals surface area contributed by atoms with Gasteiger partial charge in [-0.2, -0.15) is 4.98 Å². The molecule has 0 N–H and O–H groups in total. The normalized spacial score (nSPS) is 16.2. The second-order valence-electron chi connectivity index (χ2n) is 7.32. The van der Waals surface area contributed by atoms with Gasteiger partial charge >= 0.3 is 0 Å². The highest BCUT2D eigenvalue weighted by atomic mass is 16.5. The first-order valence-corrected chi connectivity index (χ1v) is 10.1. The molecule has 1 saturated heterocycles. The van der Waals surface area contributed by atoms with E-state index >= 15 is 0 Å². The number of amides is 1. The molecule has 3 aromatic rings. The fourth-order valence-corrected chi connectivity index (χ4v) is 3.66. The van der Waals surface area contributed by atoms with Crippen molar-refractivity contribution in [2.45, 2.75) is 39.2 Å². The van der Waals surface area contributed by atoms with E-state index in [2.05, 4.69) is 10.1 Å². The predicted molar refractivity (Wildman–Crippen MR) is 109 cm³/mol. The first kappa shape index (κ1) is 19.2. The number of carbonyl (C=O) groups excluding carboxylic acids is 1. The van der Waals surface area contributed by atoms with E-state index in [0.29, 0.717) is 31.3 Å². The molecule has 150 valence electrons. The molecule has 2 heterocycles. The van der Waals surface area contributed by atoms with Gasteiger partial charge < -0.3 is 14.2 Å². The third-order valence-electron chi connectivity index (χ3n) is 5.20. The highest BCUT2D eigenvalue weighted by Gasteiger charge is 2.34. The molecule has 29 heavy (non-hydrogen) atoms. The summed E-state index contributed by atoms with van der Waals surface area (Å²) in [6, 6.07) is 15.5. The lowest BCUT2D eigenvalue weighted by atomic mass is 10.1. The summed E-state index contributed by atoms with van der Waals surface area (Å²) in [5, 5.41) is 4.13. The molecule has 0 saturated carbocycles. The summed E-state index contributed by atoms with van der Waals surface area (Å²) in [5.74, 6) is 1.97. The Kier molecular flexibility index (Phi) is 5.60. The zero-order valence-electron chi connectivity index (χ0n) is 16.8. The highest BCUT2D eigenvalue weighted by Crippen LogP contribution is 2.32. The summed E-state index contributed by atoms with van der Waals surface area (Å²) in [5.41, 5.74) is 3.06. The van der Waals surface area contributed by atoms with E-state index in [1.165, 1.54) is 5.56 Å². The molecule has 6 nitrogen and oxygen atoms in total. The van der Waals surface area contributed by atoms with E-state index in [1.807, 2.05) is 67.3 Å². The Morgan fingerprint density at radius 1 is 1.17 bits per heavy atom. The van der Waals surface area contributed by atoms with Gasteiger partial charge in [-0.25, -0.2) is 0 Å². The van der Waals surface area contributed by atoms with Crippen LogP contribution in [-0.2, 0) is 11.2 Å². The summed E-state index contributed by atoms with van der Waals surface area (Å²) < 4.78 is 11.0. The third-order valence-corrected chi connectivity index (χ3v) is 5.20. The minimum atomic E-state index is -0.156. The van der Waals surface area contributed by atoms with Crippen LogP contribution in [0.5, 0.6) is 5.75 Å². The van der Waals surface area contributed by atoms with Crippen LogP contribution < -0.4 is 4.74 Å². The highest BCUT2D eigenvalue weighted by molar-refractivity contribution is 5.79. The van der Waals surface area contributed by atoms with Crippen LogP contribution in [-0.4, -0.2) is 34.1 Å². The lowest BCUT2D eigenvalue weighted by Crippen LogP contribution is -2.32. The number of ether oxygens (including phenoxy) is 1. The second-order valence-corrected chi connectivity index (χ2v) is 7.32. The van der Waals surface area contributed by atoms with E-state index in [1.54, 1.807) is 0 Å². The zero-order chi connectivity index (χ0) is 20.2. The van der Waals surface area contributed by atoms with Crippen molar-refractivity contribution in [3.05, 3.63) is 65.5 Å². The molecule has 2 aromatic carbocycles. The molecular weight excluding hydrogens is 366 g/mol. The Morgan fingerprint density at radius 2 is 1.93 bits per heavy atom. The van der Waals surface area contributed by atoms with Crippen molar-refractivity contribution in [3.8, 4) is 17.1 Å². The maximum atomic E-state index is 12.9. The molecule has 1 amide bonds. The molecule has 6 heteroatoms. The van der Waals surface area contributed by atoms with E-state index in [4.69, 9.17) is 9.26 Å². The van der Waals surface area contributed by atoms with Crippen LogP contribution in [0.3, 0.4) is 0 Å². The molecule has 1 aliphatic rings. The molecular formula is C23H25N3O3. The molecule has 0 bridgehead atoms. The average molecular weight is 391 g/mol. The van der Waals surface area contributed by atoms with E-state index in [0.717, 1.165) is 29.7 Å². The number of likely N-dealkylation sites (tertiary alicyclic amines) is 1. The lowest BCUT2D eigenvalue weighted by Gasteiger charge is -2.22. The van der Waals surface area contributed by atoms with Crippen molar-refractivity contribution in [1.29, 1.82) is 0 Å². The number of nitrogens with zero attached hydrogens (tertiary/aromatic N) is 3. The van der Waals surface area contributed by atoms with E-state index in [9.17, 15) is 4.79 Å². The van der Waals surface area contributed by atoms with Gasteiger partial charge in [0.2, 0.25) is 17.6 Å². The largest absolute Gasteiger partial charge is 0.494 e. The van der Waals surface area contributed by atoms with Gasteiger partial charge in [0.1, 0.15) is 11.8 Å². The number of carbonyl (C=O) groups is 1. The average Bonchev–Trinajstić information content (AvgIpc) is 3.40. The van der Waals surface area contributed by atoms with Crippen LogP contribution >= 0.6 is 0 Å². The van der Waals surface area contributed by atoms with Crippen molar-refractivity contribution < 1.29 is 14.1 Å². The van der Waals surface area contributed by atoms with Crippen molar-refractivity contribution in [2.24, 2.45) is 0 Å².